The molecule has 1 amide bonds. The Morgan fingerprint density at radius 3 is 2.95 bits per heavy atom. The van der Waals surface area contributed by atoms with E-state index in [1.165, 1.54) is 6.20 Å². The Labute approximate surface area is 126 Å². The lowest BCUT2D eigenvalue weighted by Gasteiger charge is -2.06. The highest BCUT2D eigenvalue weighted by Crippen LogP contribution is 2.23. The Hall–Kier alpha value is -3.06. The van der Waals surface area contributed by atoms with Gasteiger partial charge in [0.1, 0.15) is 5.69 Å². The molecule has 0 spiro atoms. The quantitative estimate of drug-likeness (QED) is 0.676. The van der Waals surface area contributed by atoms with Crippen molar-refractivity contribution in [2.24, 2.45) is 5.73 Å². The number of H-pyrrole nitrogens is 1. The lowest BCUT2D eigenvalue weighted by Crippen LogP contribution is -2.13. The predicted molar refractivity (Wildman–Crippen MR) is 81.9 cm³/mol. The van der Waals surface area contributed by atoms with Crippen molar-refractivity contribution >= 4 is 11.6 Å². The topological polar surface area (TPSA) is 110 Å². The van der Waals surface area contributed by atoms with E-state index < -0.39 is 0 Å². The third-order valence-corrected chi connectivity index (χ3v) is 3.10. The van der Waals surface area contributed by atoms with Gasteiger partial charge < -0.3 is 11.1 Å². The second kappa shape index (κ2) is 6.15. The summed E-state index contributed by atoms with van der Waals surface area (Å²) in [5.41, 5.74) is 8.70. The van der Waals surface area contributed by atoms with Crippen LogP contribution in [0.2, 0.25) is 0 Å². The molecule has 3 rings (SSSR count). The van der Waals surface area contributed by atoms with Crippen molar-refractivity contribution in [1.29, 1.82) is 0 Å². The average molecular weight is 294 g/mol. The SMILES string of the molecule is NCc1cncc(C(=O)Nc2cn[nH]c2-c2ccccn2)c1. The van der Waals surface area contributed by atoms with Crippen molar-refractivity contribution in [3.8, 4) is 11.4 Å². The number of hydrogen-bond acceptors (Lipinski definition) is 5. The molecule has 0 aliphatic heterocycles. The number of rotatable bonds is 4. The van der Waals surface area contributed by atoms with E-state index in [4.69, 9.17) is 5.73 Å². The van der Waals surface area contributed by atoms with Crippen LogP contribution in [-0.2, 0) is 6.54 Å². The summed E-state index contributed by atoms with van der Waals surface area (Å²) < 4.78 is 0. The first-order valence-corrected chi connectivity index (χ1v) is 6.68. The van der Waals surface area contributed by atoms with Gasteiger partial charge in [0.05, 0.1) is 23.1 Å². The molecule has 0 radical (unpaired) electrons. The smallest absolute Gasteiger partial charge is 0.257 e. The molecule has 22 heavy (non-hydrogen) atoms. The first-order chi connectivity index (χ1) is 10.8. The van der Waals surface area contributed by atoms with Gasteiger partial charge in [-0.25, -0.2) is 0 Å². The highest BCUT2D eigenvalue weighted by atomic mass is 16.1. The highest BCUT2D eigenvalue weighted by molar-refractivity contribution is 6.05. The number of anilines is 1. The van der Waals surface area contributed by atoms with Gasteiger partial charge in [0.2, 0.25) is 0 Å². The molecule has 3 aromatic heterocycles. The first kappa shape index (κ1) is 13.9. The van der Waals surface area contributed by atoms with Crippen molar-refractivity contribution in [2.75, 3.05) is 5.32 Å². The van der Waals surface area contributed by atoms with Crippen molar-refractivity contribution in [2.45, 2.75) is 6.54 Å². The molecule has 7 heteroatoms. The molecular weight excluding hydrogens is 280 g/mol. The molecule has 0 aliphatic carbocycles. The fraction of sp³-hybridized carbons (Fsp3) is 0.0667. The number of aromatic nitrogens is 4. The van der Waals surface area contributed by atoms with E-state index in [2.05, 4.69) is 25.5 Å². The number of hydrogen-bond donors (Lipinski definition) is 3. The maximum absolute atomic E-state index is 12.3. The molecule has 0 bridgehead atoms. The zero-order chi connectivity index (χ0) is 15.4. The number of carbonyl (C=O) groups excluding carboxylic acids is 1. The molecule has 0 atom stereocenters. The molecule has 3 aromatic rings. The van der Waals surface area contributed by atoms with Crippen LogP contribution in [0.3, 0.4) is 0 Å². The Morgan fingerprint density at radius 1 is 1.27 bits per heavy atom. The van der Waals surface area contributed by atoms with Crippen molar-refractivity contribution in [3.05, 3.63) is 60.2 Å². The third-order valence-electron chi connectivity index (χ3n) is 3.10. The number of nitrogens with one attached hydrogen (secondary N) is 2. The average Bonchev–Trinajstić information content (AvgIpc) is 3.04. The van der Waals surface area contributed by atoms with Crippen LogP contribution in [0.5, 0.6) is 0 Å². The summed E-state index contributed by atoms with van der Waals surface area (Å²) in [5, 5.41) is 9.61. The van der Waals surface area contributed by atoms with Gasteiger partial charge in [0, 0.05) is 25.1 Å². The van der Waals surface area contributed by atoms with Crippen LogP contribution < -0.4 is 11.1 Å². The molecule has 0 fully saturated rings. The van der Waals surface area contributed by atoms with Crippen LogP contribution in [0.4, 0.5) is 5.69 Å². The second-order valence-electron chi connectivity index (χ2n) is 4.61. The zero-order valence-corrected chi connectivity index (χ0v) is 11.7. The molecule has 0 unspecified atom stereocenters. The van der Waals surface area contributed by atoms with E-state index in [9.17, 15) is 4.79 Å². The predicted octanol–water partition coefficient (Wildman–Crippen LogP) is 1.58. The van der Waals surface area contributed by atoms with Crippen LogP contribution in [0.1, 0.15) is 15.9 Å². The summed E-state index contributed by atoms with van der Waals surface area (Å²) in [4.78, 5) is 20.6. The number of nitrogens with zero attached hydrogens (tertiary/aromatic N) is 3. The number of pyridine rings is 2. The van der Waals surface area contributed by atoms with Gasteiger partial charge in [0.25, 0.3) is 5.91 Å². The highest BCUT2D eigenvalue weighted by Gasteiger charge is 2.13. The Balaban J connectivity index is 1.85. The standard InChI is InChI=1S/C15H14N6O/c16-6-10-5-11(8-17-7-10)15(22)20-13-9-19-21-14(13)12-3-1-2-4-18-12/h1-5,7-9H,6,16H2,(H,19,21)(H,20,22). The Morgan fingerprint density at radius 2 is 2.18 bits per heavy atom. The number of carbonyl (C=O) groups is 1. The van der Waals surface area contributed by atoms with E-state index in [0.717, 1.165) is 5.56 Å². The molecule has 0 aromatic carbocycles. The van der Waals surface area contributed by atoms with Gasteiger partial charge in [-0.1, -0.05) is 6.07 Å². The van der Waals surface area contributed by atoms with Gasteiger partial charge in [-0.05, 0) is 23.8 Å². The van der Waals surface area contributed by atoms with Crippen molar-refractivity contribution in [1.82, 2.24) is 20.2 Å². The Kier molecular flexibility index (Phi) is 3.88. The monoisotopic (exact) mass is 294 g/mol. The normalized spacial score (nSPS) is 10.4. The van der Waals surface area contributed by atoms with E-state index in [1.807, 2.05) is 18.2 Å². The largest absolute Gasteiger partial charge is 0.326 e. The van der Waals surface area contributed by atoms with Crippen LogP contribution in [0.25, 0.3) is 11.4 Å². The molecule has 0 saturated carbocycles. The zero-order valence-electron chi connectivity index (χ0n) is 11.7. The second-order valence-corrected chi connectivity index (χ2v) is 4.61. The van der Waals surface area contributed by atoms with E-state index in [0.29, 0.717) is 29.2 Å². The molecule has 0 saturated heterocycles. The molecule has 7 nitrogen and oxygen atoms in total. The van der Waals surface area contributed by atoms with Crippen LogP contribution >= 0.6 is 0 Å². The molecule has 0 aliphatic rings. The minimum absolute atomic E-state index is 0.276. The maximum Gasteiger partial charge on any atom is 0.257 e. The summed E-state index contributed by atoms with van der Waals surface area (Å²) >= 11 is 0. The van der Waals surface area contributed by atoms with Crippen molar-refractivity contribution in [3.63, 3.8) is 0 Å². The summed E-state index contributed by atoms with van der Waals surface area (Å²) in [6.45, 7) is 0.332. The van der Waals surface area contributed by atoms with E-state index in [-0.39, 0.29) is 5.91 Å². The first-order valence-electron chi connectivity index (χ1n) is 6.68. The fourth-order valence-electron chi connectivity index (χ4n) is 2.00. The van der Waals surface area contributed by atoms with E-state index in [1.54, 1.807) is 24.7 Å². The summed E-state index contributed by atoms with van der Waals surface area (Å²) in [6.07, 6.45) is 6.35. The summed E-state index contributed by atoms with van der Waals surface area (Å²) in [7, 11) is 0. The van der Waals surface area contributed by atoms with Gasteiger partial charge >= 0.3 is 0 Å². The summed E-state index contributed by atoms with van der Waals surface area (Å²) in [6, 6.07) is 7.23. The fourth-order valence-corrected chi connectivity index (χ4v) is 2.00. The van der Waals surface area contributed by atoms with Crippen LogP contribution in [0.15, 0.2) is 49.1 Å². The molecule has 3 heterocycles. The number of nitrogens with two attached hydrogens (primary N) is 1. The van der Waals surface area contributed by atoms with Gasteiger partial charge in [0.15, 0.2) is 0 Å². The molecular formula is C15H14N6O. The lowest BCUT2D eigenvalue weighted by molar-refractivity contribution is 0.102. The minimum atomic E-state index is -0.276. The lowest BCUT2D eigenvalue weighted by atomic mass is 10.2. The van der Waals surface area contributed by atoms with Gasteiger partial charge in [-0.15, -0.1) is 0 Å². The number of aromatic amines is 1. The Bertz CT molecular complexity index is 783. The molecule has 4 N–H and O–H groups in total. The van der Waals surface area contributed by atoms with Crippen molar-refractivity contribution < 1.29 is 4.79 Å². The van der Waals surface area contributed by atoms with Crippen LogP contribution in [-0.4, -0.2) is 26.1 Å². The van der Waals surface area contributed by atoms with E-state index >= 15 is 0 Å². The number of amides is 1. The third kappa shape index (κ3) is 2.84. The van der Waals surface area contributed by atoms with Gasteiger partial charge in [-0.3, -0.25) is 19.9 Å². The summed E-state index contributed by atoms with van der Waals surface area (Å²) in [5.74, 6) is -0.276. The maximum atomic E-state index is 12.3. The van der Waals surface area contributed by atoms with Gasteiger partial charge in [-0.2, -0.15) is 5.10 Å². The van der Waals surface area contributed by atoms with Crippen LogP contribution in [0, 0.1) is 0 Å². The minimum Gasteiger partial charge on any atom is -0.326 e. The molecule has 110 valence electrons.